The molecule has 1 atom stereocenters. The monoisotopic (exact) mass is 220 g/mol. The lowest BCUT2D eigenvalue weighted by Crippen LogP contribution is -2.40. The summed E-state index contributed by atoms with van der Waals surface area (Å²) in [6.07, 6.45) is 10.4. The van der Waals surface area contributed by atoms with E-state index in [1.807, 2.05) is 0 Å². The Morgan fingerprint density at radius 1 is 1.75 bits per heavy atom. The summed E-state index contributed by atoms with van der Waals surface area (Å²) in [7, 11) is 0. The van der Waals surface area contributed by atoms with Crippen LogP contribution in [0.5, 0.6) is 0 Å². The minimum Gasteiger partial charge on any atom is -0.355 e. The molecule has 1 aromatic rings. The highest BCUT2D eigenvalue weighted by Gasteiger charge is 2.10. The van der Waals surface area contributed by atoms with Gasteiger partial charge in [-0.3, -0.25) is 4.79 Å². The van der Waals surface area contributed by atoms with Gasteiger partial charge >= 0.3 is 0 Å². The van der Waals surface area contributed by atoms with Gasteiger partial charge in [0.15, 0.2) is 0 Å². The van der Waals surface area contributed by atoms with Crippen molar-refractivity contribution >= 4 is 5.91 Å². The zero-order valence-electron chi connectivity index (χ0n) is 9.07. The van der Waals surface area contributed by atoms with E-state index in [2.05, 4.69) is 21.2 Å². The SMILES string of the molecule is C#CCC(N)C(=O)NCCCc1ncc[nH]1. The van der Waals surface area contributed by atoms with Crippen LogP contribution in [0.4, 0.5) is 0 Å². The zero-order chi connectivity index (χ0) is 11.8. The van der Waals surface area contributed by atoms with Gasteiger partial charge in [0.1, 0.15) is 5.82 Å². The number of nitrogens with two attached hydrogens (primary N) is 1. The van der Waals surface area contributed by atoms with Crippen molar-refractivity contribution in [2.75, 3.05) is 6.54 Å². The smallest absolute Gasteiger partial charge is 0.237 e. The van der Waals surface area contributed by atoms with Crippen molar-refractivity contribution in [3.8, 4) is 12.3 Å². The van der Waals surface area contributed by atoms with Gasteiger partial charge in [0.25, 0.3) is 0 Å². The maximum absolute atomic E-state index is 11.3. The van der Waals surface area contributed by atoms with E-state index in [0.717, 1.165) is 18.7 Å². The molecule has 86 valence electrons. The van der Waals surface area contributed by atoms with Crippen molar-refractivity contribution in [1.82, 2.24) is 15.3 Å². The molecule has 1 aromatic heterocycles. The lowest BCUT2D eigenvalue weighted by atomic mass is 10.2. The predicted octanol–water partition coefficient (Wildman–Crippen LogP) is -0.191. The molecule has 5 heteroatoms. The van der Waals surface area contributed by atoms with Gasteiger partial charge in [0.05, 0.1) is 6.04 Å². The first-order chi connectivity index (χ1) is 7.74. The number of imidazole rings is 1. The van der Waals surface area contributed by atoms with E-state index >= 15 is 0 Å². The number of rotatable bonds is 6. The fraction of sp³-hybridized carbons (Fsp3) is 0.455. The number of H-pyrrole nitrogens is 1. The van der Waals surface area contributed by atoms with E-state index in [-0.39, 0.29) is 12.3 Å². The summed E-state index contributed by atoms with van der Waals surface area (Å²) in [6, 6.07) is -0.603. The molecule has 0 aliphatic carbocycles. The van der Waals surface area contributed by atoms with Crippen molar-refractivity contribution in [3.63, 3.8) is 0 Å². The molecule has 0 saturated carbocycles. The Balaban J connectivity index is 2.11. The minimum atomic E-state index is -0.603. The van der Waals surface area contributed by atoms with E-state index in [4.69, 9.17) is 12.2 Å². The summed E-state index contributed by atoms with van der Waals surface area (Å²) in [4.78, 5) is 18.4. The van der Waals surface area contributed by atoms with Gasteiger partial charge in [-0.15, -0.1) is 12.3 Å². The quantitative estimate of drug-likeness (QED) is 0.459. The van der Waals surface area contributed by atoms with Gasteiger partial charge < -0.3 is 16.0 Å². The average molecular weight is 220 g/mol. The Labute approximate surface area is 94.8 Å². The molecule has 0 radical (unpaired) electrons. The van der Waals surface area contributed by atoms with E-state index in [1.54, 1.807) is 12.4 Å². The van der Waals surface area contributed by atoms with Crippen LogP contribution >= 0.6 is 0 Å². The minimum absolute atomic E-state index is 0.197. The van der Waals surface area contributed by atoms with Crippen molar-refractivity contribution in [2.45, 2.75) is 25.3 Å². The number of nitrogens with zero attached hydrogens (tertiary/aromatic N) is 1. The Kier molecular flexibility index (Phi) is 5.09. The van der Waals surface area contributed by atoms with Crippen LogP contribution in [0.1, 0.15) is 18.7 Å². The first-order valence-electron chi connectivity index (χ1n) is 5.19. The standard InChI is InChI=1S/C11H16N4O/c1-2-4-9(12)11(16)15-6-3-5-10-13-7-8-14-10/h1,7-9H,3-6,12H2,(H,13,14)(H,15,16). The molecule has 0 aromatic carbocycles. The largest absolute Gasteiger partial charge is 0.355 e. The van der Waals surface area contributed by atoms with Crippen molar-refractivity contribution < 1.29 is 4.79 Å². The van der Waals surface area contributed by atoms with Crippen molar-refractivity contribution in [3.05, 3.63) is 18.2 Å². The predicted molar refractivity (Wildman–Crippen MR) is 61.3 cm³/mol. The number of aryl methyl sites for hydroxylation is 1. The van der Waals surface area contributed by atoms with E-state index in [0.29, 0.717) is 6.54 Å². The second kappa shape index (κ2) is 6.64. The average Bonchev–Trinajstić information content (AvgIpc) is 2.77. The fourth-order valence-electron chi connectivity index (χ4n) is 1.25. The number of aromatic amines is 1. The van der Waals surface area contributed by atoms with Gasteiger partial charge in [-0.05, 0) is 6.42 Å². The second-order valence-electron chi connectivity index (χ2n) is 3.45. The number of carbonyl (C=O) groups is 1. The second-order valence-corrected chi connectivity index (χ2v) is 3.45. The van der Waals surface area contributed by atoms with Gasteiger partial charge in [-0.2, -0.15) is 0 Å². The molecule has 1 amide bonds. The van der Waals surface area contributed by atoms with Crippen molar-refractivity contribution in [2.24, 2.45) is 5.73 Å². The summed E-state index contributed by atoms with van der Waals surface area (Å²) < 4.78 is 0. The van der Waals surface area contributed by atoms with Gasteiger partial charge in [-0.25, -0.2) is 4.98 Å². The molecule has 0 fully saturated rings. The summed E-state index contributed by atoms with van der Waals surface area (Å²) in [6.45, 7) is 0.581. The highest BCUT2D eigenvalue weighted by Crippen LogP contribution is 1.93. The van der Waals surface area contributed by atoms with Gasteiger partial charge in [0, 0.05) is 31.8 Å². The van der Waals surface area contributed by atoms with Crippen LogP contribution < -0.4 is 11.1 Å². The number of carbonyl (C=O) groups excluding carboxylic acids is 1. The maximum atomic E-state index is 11.3. The molecule has 0 bridgehead atoms. The number of nitrogens with one attached hydrogen (secondary N) is 2. The molecular weight excluding hydrogens is 204 g/mol. The van der Waals surface area contributed by atoms with E-state index < -0.39 is 6.04 Å². The van der Waals surface area contributed by atoms with E-state index in [9.17, 15) is 4.79 Å². The molecule has 4 N–H and O–H groups in total. The highest BCUT2D eigenvalue weighted by molar-refractivity contribution is 5.81. The van der Waals surface area contributed by atoms with Crippen molar-refractivity contribution in [1.29, 1.82) is 0 Å². The fourth-order valence-corrected chi connectivity index (χ4v) is 1.25. The number of hydrogen-bond donors (Lipinski definition) is 3. The maximum Gasteiger partial charge on any atom is 0.237 e. The highest BCUT2D eigenvalue weighted by atomic mass is 16.2. The van der Waals surface area contributed by atoms with Crippen LogP contribution in [0.15, 0.2) is 12.4 Å². The van der Waals surface area contributed by atoms with Crippen LogP contribution in [-0.2, 0) is 11.2 Å². The molecular formula is C11H16N4O. The van der Waals surface area contributed by atoms with Gasteiger partial charge in [-0.1, -0.05) is 0 Å². The Hall–Kier alpha value is -1.80. The van der Waals surface area contributed by atoms with Crippen LogP contribution in [0.25, 0.3) is 0 Å². The molecule has 1 rings (SSSR count). The summed E-state index contributed by atoms with van der Waals surface area (Å²) in [5.41, 5.74) is 5.53. The number of terminal acetylenes is 1. The van der Waals surface area contributed by atoms with E-state index in [1.165, 1.54) is 0 Å². The molecule has 1 unspecified atom stereocenters. The molecule has 16 heavy (non-hydrogen) atoms. The summed E-state index contributed by atoms with van der Waals surface area (Å²) in [5.74, 6) is 3.08. The summed E-state index contributed by atoms with van der Waals surface area (Å²) >= 11 is 0. The molecule has 5 nitrogen and oxygen atoms in total. The van der Waals surface area contributed by atoms with Gasteiger partial charge in [0.2, 0.25) is 5.91 Å². The number of aromatic nitrogens is 2. The molecule has 0 aliphatic heterocycles. The summed E-state index contributed by atoms with van der Waals surface area (Å²) in [5, 5.41) is 2.73. The topological polar surface area (TPSA) is 83.8 Å². The van der Waals surface area contributed by atoms with Crippen LogP contribution in [-0.4, -0.2) is 28.5 Å². The normalized spacial score (nSPS) is 11.8. The third kappa shape index (κ3) is 4.15. The van der Waals surface area contributed by atoms with Crippen LogP contribution in [0, 0.1) is 12.3 Å². The third-order valence-electron chi connectivity index (χ3n) is 2.12. The molecule has 0 saturated heterocycles. The Bertz CT molecular complexity index is 353. The Morgan fingerprint density at radius 3 is 3.19 bits per heavy atom. The number of hydrogen-bond acceptors (Lipinski definition) is 3. The molecule has 1 heterocycles. The molecule has 0 spiro atoms. The number of amides is 1. The molecule has 0 aliphatic rings. The first kappa shape index (κ1) is 12.3. The zero-order valence-corrected chi connectivity index (χ0v) is 9.07. The Morgan fingerprint density at radius 2 is 2.56 bits per heavy atom. The van der Waals surface area contributed by atoms with Crippen LogP contribution in [0.2, 0.25) is 0 Å². The van der Waals surface area contributed by atoms with Crippen LogP contribution in [0.3, 0.4) is 0 Å². The lowest BCUT2D eigenvalue weighted by molar-refractivity contribution is -0.122. The lowest BCUT2D eigenvalue weighted by Gasteiger charge is -2.08. The third-order valence-corrected chi connectivity index (χ3v) is 2.12. The first-order valence-corrected chi connectivity index (χ1v) is 5.19.